The fourth-order valence-corrected chi connectivity index (χ4v) is 2.71. The molecule has 0 aliphatic carbocycles. The van der Waals surface area contributed by atoms with Gasteiger partial charge in [-0.1, -0.05) is 17.7 Å². The van der Waals surface area contributed by atoms with Gasteiger partial charge in [0.2, 0.25) is 9.84 Å². The number of hydrogen-bond donors (Lipinski definition) is 1. The van der Waals surface area contributed by atoms with E-state index in [2.05, 4.69) is 4.98 Å². The molecule has 90 valence electrons. The molecule has 2 aromatic rings. The van der Waals surface area contributed by atoms with Crippen molar-refractivity contribution in [2.45, 2.75) is 16.8 Å². The minimum Gasteiger partial charge on any atom is -0.301 e. The summed E-state index contributed by atoms with van der Waals surface area (Å²) in [5, 5.41) is -0.0890. The third-order valence-corrected chi connectivity index (χ3v) is 4.16. The molecular formula is C11H12N2O3S. The number of imidazole rings is 1. The fraction of sp³-hybridized carbons (Fsp3) is 0.182. The molecule has 0 spiro atoms. The Morgan fingerprint density at radius 2 is 1.76 bits per heavy atom. The van der Waals surface area contributed by atoms with Gasteiger partial charge in [-0.3, -0.25) is 4.98 Å². The van der Waals surface area contributed by atoms with Crippen molar-refractivity contribution in [3.8, 4) is 0 Å². The van der Waals surface area contributed by atoms with Crippen LogP contribution in [0.25, 0.3) is 0 Å². The summed E-state index contributed by atoms with van der Waals surface area (Å²) in [6.07, 6.45) is 1.28. The van der Waals surface area contributed by atoms with Crippen LogP contribution in [0.15, 0.2) is 45.2 Å². The van der Waals surface area contributed by atoms with Crippen LogP contribution in [0.2, 0.25) is 0 Å². The van der Waals surface area contributed by atoms with Gasteiger partial charge in [0.25, 0.3) is 0 Å². The zero-order valence-corrected chi connectivity index (χ0v) is 10.3. The molecule has 0 saturated heterocycles. The van der Waals surface area contributed by atoms with Gasteiger partial charge in [0, 0.05) is 13.2 Å². The van der Waals surface area contributed by atoms with E-state index in [0.29, 0.717) is 0 Å². The third-order valence-electron chi connectivity index (χ3n) is 2.48. The highest BCUT2D eigenvalue weighted by Crippen LogP contribution is 2.18. The molecule has 6 heteroatoms. The molecule has 1 aromatic heterocycles. The number of aromatic nitrogens is 2. The Kier molecular flexibility index (Phi) is 2.66. The molecule has 0 aliphatic rings. The highest BCUT2D eigenvalue weighted by Gasteiger charge is 2.20. The van der Waals surface area contributed by atoms with Crippen molar-refractivity contribution in [2.75, 3.05) is 0 Å². The summed E-state index contributed by atoms with van der Waals surface area (Å²) in [7, 11) is -2.14. The summed E-state index contributed by atoms with van der Waals surface area (Å²) >= 11 is 0. The second-order valence-corrected chi connectivity index (χ2v) is 5.77. The molecule has 0 bridgehead atoms. The number of hydrogen-bond acceptors (Lipinski definition) is 3. The first-order valence-corrected chi connectivity index (χ1v) is 6.47. The fourth-order valence-electron chi connectivity index (χ4n) is 1.44. The molecule has 17 heavy (non-hydrogen) atoms. The number of nitrogens with zero attached hydrogens (tertiary/aromatic N) is 1. The van der Waals surface area contributed by atoms with Gasteiger partial charge in [0.15, 0.2) is 5.03 Å². The smallest absolute Gasteiger partial charge is 0.301 e. The van der Waals surface area contributed by atoms with Crippen LogP contribution >= 0.6 is 0 Å². The lowest BCUT2D eigenvalue weighted by atomic mass is 10.2. The van der Waals surface area contributed by atoms with E-state index in [0.717, 1.165) is 5.56 Å². The van der Waals surface area contributed by atoms with Gasteiger partial charge < -0.3 is 4.57 Å². The van der Waals surface area contributed by atoms with Crippen LogP contribution in [0.1, 0.15) is 5.56 Å². The highest BCUT2D eigenvalue weighted by molar-refractivity contribution is 7.91. The summed E-state index contributed by atoms with van der Waals surface area (Å²) in [6.45, 7) is 1.88. The number of sulfone groups is 1. The van der Waals surface area contributed by atoms with E-state index >= 15 is 0 Å². The summed E-state index contributed by atoms with van der Waals surface area (Å²) in [6, 6.07) is 6.48. The van der Waals surface area contributed by atoms with E-state index in [1.807, 2.05) is 6.92 Å². The van der Waals surface area contributed by atoms with Gasteiger partial charge in [0.05, 0.1) is 4.90 Å². The Morgan fingerprint density at radius 1 is 1.18 bits per heavy atom. The maximum absolute atomic E-state index is 12.1. The van der Waals surface area contributed by atoms with Crippen LogP contribution in [-0.4, -0.2) is 18.0 Å². The van der Waals surface area contributed by atoms with Crippen molar-refractivity contribution in [3.05, 3.63) is 46.5 Å². The molecule has 0 unspecified atom stereocenters. The predicted molar refractivity (Wildman–Crippen MR) is 62.7 cm³/mol. The molecule has 0 aliphatic heterocycles. The van der Waals surface area contributed by atoms with Crippen molar-refractivity contribution in [2.24, 2.45) is 7.05 Å². The Labute approximate surface area is 98.6 Å². The van der Waals surface area contributed by atoms with Gasteiger partial charge in [-0.05, 0) is 19.1 Å². The normalized spacial score (nSPS) is 11.6. The van der Waals surface area contributed by atoms with Crippen LogP contribution in [0.4, 0.5) is 0 Å². The van der Waals surface area contributed by atoms with E-state index in [1.54, 1.807) is 12.1 Å². The van der Waals surface area contributed by atoms with Crippen LogP contribution in [0.3, 0.4) is 0 Å². The van der Waals surface area contributed by atoms with E-state index in [4.69, 9.17) is 0 Å². The molecule has 5 nitrogen and oxygen atoms in total. The third kappa shape index (κ3) is 2.03. The highest BCUT2D eigenvalue weighted by atomic mass is 32.2. The second-order valence-electron chi connectivity index (χ2n) is 3.85. The van der Waals surface area contributed by atoms with Crippen molar-refractivity contribution in [1.29, 1.82) is 0 Å². The van der Waals surface area contributed by atoms with Gasteiger partial charge >= 0.3 is 5.69 Å². The minimum atomic E-state index is -3.63. The number of H-pyrrole nitrogens is 1. The lowest BCUT2D eigenvalue weighted by Crippen LogP contribution is -2.12. The second kappa shape index (κ2) is 3.89. The summed E-state index contributed by atoms with van der Waals surface area (Å²) in [5.74, 6) is 0. The number of benzene rings is 1. The maximum atomic E-state index is 12.1. The largest absolute Gasteiger partial charge is 0.326 e. The molecule has 0 amide bonds. The average molecular weight is 252 g/mol. The molecule has 1 heterocycles. The summed E-state index contributed by atoms with van der Waals surface area (Å²) in [5.41, 5.74) is 0.529. The molecule has 0 fully saturated rings. The number of nitrogens with one attached hydrogen (secondary N) is 1. The van der Waals surface area contributed by atoms with E-state index < -0.39 is 15.5 Å². The first-order chi connectivity index (χ1) is 7.91. The Morgan fingerprint density at radius 3 is 2.24 bits per heavy atom. The lowest BCUT2D eigenvalue weighted by Gasteiger charge is -2.01. The zero-order valence-electron chi connectivity index (χ0n) is 9.47. The van der Waals surface area contributed by atoms with Gasteiger partial charge in [-0.25, -0.2) is 13.2 Å². The van der Waals surface area contributed by atoms with Gasteiger partial charge in [0.1, 0.15) is 0 Å². The van der Waals surface area contributed by atoms with Crippen molar-refractivity contribution < 1.29 is 8.42 Å². The first kappa shape index (κ1) is 11.7. The number of rotatable bonds is 2. The molecule has 1 aromatic carbocycles. The summed E-state index contributed by atoms with van der Waals surface area (Å²) < 4.78 is 25.4. The van der Waals surface area contributed by atoms with Crippen LogP contribution in [0.5, 0.6) is 0 Å². The van der Waals surface area contributed by atoms with Gasteiger partial charge in [-0.15, -0.1) is 0 Å². The molecule has 0 radical (unpaired) electrons. The topological polar surface area (TPSA) is 71.9 Å². The summed E-state index contributed by atoms with van der Waals surface area (Å²) in [4.78, 5) is 13.7. The van der Waals surface area contributed by atoms with E-state index in [9.17, 15) is 13.2 Å². The zero-order chi connectivity index (χ0) is 12.6. The molecule has 0 saturated carbocycles. The molecular weight excluding hydrogens is 240 g/mol. The van der Waals surface area contributed by atoms with E-state index in [1.165, 1.54) is 29.9 Å². The van der Waals surface area contributed by atoms with Crippen molar-refractivity contribution in [3.63, 3.8) is 0 Å². The SMILES string of the molecule is Cc1ccc(S(=O)(=O)c2cn(C)c(=O)[nH]2)cc1. The number of aryl methyl sites for hydroxylation is 2. The van der Waals surface area contributed by atoms with Crippen LogP contribution in [-0.2, 0) is 16.9 Å². The van der Waals surface area contributed by atoms with Crippen LogP contribution in [0, 0.1) is 6.92 Å². The lowest BCUT2D eigenvalue weighted by molar-refractivity contribution is 0.592. The van der Waals surface area contributed by atoms with Crippen LogP contribution < -0.4 is 5.69 Å². The minimum absolute atomic E-state index is 0.0890. The Balaban J connectivity index is 2.57. The standard InChI is InChI=1S/C11H12N2O3S/c1-8-3-5-9(6-4-8)17(15,16)10-7-13(2)11(14)12-10/h3-7H,1-2H3,(H,12,14). The van der Waals surface area contributed by atoms with Crippen molar-refractivity contribution >= 4 is 9.84 Å². The number of aromatic amines is 1. The van der Waals surface area contributed by atoms with Gasteiger partial charge in [-0.2, -0.15) is 0 Å². The van der Waals surface area contributed by atoms with E-state index in [-0.39, 0.29) is 9.92 Å². The Hall–Kier alpha value is -1.82. The average Bonchev–Trinajstić information content (AvgIpc) is 2.60. The quantitative estimate of drug-likeness (QED) is 0.861. The molecule has 0 atom stereocenters. The maximum Gasteiger partial charge on any atom is 0.326 e. The predicted octanol–water partition coefficient (Wildman–Crippen LogP) is 0.855. The Bertz CT molecular complexity index is 693. The molecule has 2 rings (SSSR count). The first-order valence-electron chi connectivity index (χ1n) is 4.98. The molecule has 1 N–H and O–H groups in total. The monoisotopic (exact) mass is 252 g/mol. The van der Waals surface area contributed by atoms with Crippen molar-refractivity contribution in [1.82, 2.24) is 9.55 Å².